The predicted molar refractivity (Wildman–Crippen MR) is 79.7 cm³/mol. The number of aliphatic hydroxyl groups is 1. The summed E-state index contributed by atoms with van der Waals surface area (Å²) in [6.45, 7) is 6.10. The zero-order chi connectivity index (χ0) is 15.2. The van der Waals surface area contributed by atoms with Gasteiger partial charge in [0, 0.05) is 6.07 Å². The maximum Gasteiger partial charge on any atom is 0.233 e. The van der Waals surface area contributed by atoms with Crippen molar-refractivity contribution in [3.8, 4) is 11.6 Å². The number of aryl methyl sites for hydroxylation is 3. The minimum absolute atomic E-state index is 0.114. The molecule has 21 heavy (non-hydrogen) atoms. The largest absolute Gasteiger partial charge is 0.491 e. The molecule has 112 valence electrons. The van der Waals surface area contributed by atoms with Crippen molar-refractivity contribution in [2.75, 3.05) is 13.2 Å². The molecule has 0 aliphatic rings. The van der Waals surface area contributed by atoms with Gasteiger partial charge in [0.2, 0.25) is 5.88 Å². The van der Waals surface area contributed by atoms with Gasteiger partial charge in [0.05, 0.1) is 5.69 Å². The summed E-state index contributed by atoms with van der Waals surface area (Å²) in [5.74, 6) is 1.15. The van der Waals surface area contributed by atoms with Gasteiger partial charge in [-0.1, -0.05) is 12.1 Å². The average molecular weight is 288 g/mol. The predicted octanol–water partition coefficient (Wildman–Crippen LogP) is 2.22. The molecule has 0 fully saturated rings. The summed E-state index contributed by atoms with van der Waals surface area (Å²) in [5, 5.41) is 17.8. The van der Waals surface area contributed by atoms with Crippen LogP contribution in [-0.2, 0) is 0 Å². The third-order valence-electron chi connectivity index (χ3n) is 3.06. The number of ether oxygens (including phenoxy) is 2. The quantitative estimate of drug-likeness (QED) is 0.883. The smallest absolute Gasteiger partial charge is 0.233 e. The summed E-state index contributed by atoms with van der Waals surface area (Å²) < 4.78 is 10.9. The monoisotopic (exact) mass is 288 g/mol. The number of nitrogens with zero attached hydrogens (tertiary/aromatic N) is 2. The molecule has 1 aromatic heterocycles. The Morgan fingerprint density at radius 2 is 1.81 bits per heavy atom. The Kier molecular flexibility index (Phi) is 5.11. The number of aliphatic hydroxyl groups excluding tert-OH is 1. The molecular weight excluding hydrogens is 268 g/mol. The fourth-order valence-corrected chi connectivity index (χ4v) is 1.72. The van der Waals surface area contributed by atoms with E-state index in [9.17, 15) is 5.11 Å². The summed E-state index contributed by atoms with van der Waals surface area (Å²) >= 11 is 0. The van der Waals surface area contributed by atoms with Crippen LogP contribution in [0, 0.1) is 20.8 Å². The highest BCUT2D eigenvalue weighted by molar-refractivity contribution is 5.27. The molecule has 0 aliphatic heterocycles. The first kappa shape index (κ1) is 15.3. The molecule has 2 aromatic rings. The Morgan fingerprint density at radius 1 is 1.05 bits per heavy atom. The lowest BCUT2D eigenvalue weighted by Crippen LogP contribution is -2.25. The van der Waals surface area contributed by atoms with Crippen molar-refractivity contribution in [2.45, 2.75) is 26.9 Å². The van der Waals surface area contributed by atoms with Gasteiger partial charge in [-0.2, -0.15) is 5.10 Å². The fourth-order valence-electron chi connectivity index (χ4n) is 1.72. The third kappa shape index (κ3) is 4.72. The molecule has 0 radical (unpaired) electrons. The topological polar surface area (TPSA) is 64.5 Å². The first-order chi connectivity index (χ1) is 10.0. The number of hydrogen-bond donors (Lipinski definition) is 1. The lowest BCUT2D eigenvalue weighted by molar-refractivity contribution is 0.0606. The molecule has 5 heteroatoms. The highest BCUT2D eigenvalue weighted by Gasteiger charge is 2.08. The second-order valence-corrected chi connectivity index (χ2v) is 5.04. The minimum atomic E-state index is -0.728. The first-order valence-corrected chi connectivity index (χ1v) is 6.86. The maximum atomic E-state index is 9.87. The van der Waals surface area contributed by atoms with Crippen LogP contribution in [0.25, 0.3) is 0 Å². The average Bonchev–Trinajstić information content (AvgIpc) is 2.46. The van der Waals surface area contributed by atoms with Crippen LogP contribution in [-0.4, -0.2) is 34.6 Å². The molecule has 1 aromatic carbocycles. The van der Waals surface area contributed by atoms with Crippen molar-refractivity contribution < 1.29 is 14.6 Å². The molecule has 2 rings (SSSR count). The molecule has 0 saturated heterocycles. The Balaban J connectivity index is 1.79. The van der Waals surface area contributed by atoms with E-state index in [1.165, 1.54) is 0 Å². The molecule has 5 nitrogen and oxygen atoms in total. The van der Waals surface area contributed by atoms with Crippen LogP contribution in [0.3, 0.4) is 0 Å². The van der Waals surface area contributed by atoms with Crippen molar-refractivity contribution in [3.63, 3.8) is 0 Å². The number of rotatable bonds is 6. The Bertz CT molecular complexity index is 602. The summed E-state index contributed by atoms with van der Waals surface area (Å²) in [6, 6.07) is 9.48. The first-order valence-electron chi connectivity index (χ1n) is 6.86. The van der Waals surface area contributed by atoms with Gasteiger partial charge in [-0.05, 0) is 44.0 Å². The van der Waals surface area contributed by atoms with E-state index in [2.05, 4.69) is 10.2 Å². The second-order valence-electron chi connectivity index (χ2n) is 5.04. The van der Waals surface area contributed by atoms with E-state index in [0.29, 0.717) is 5.88 Å². The summed E-state index contributed by atoms with van der Waals surface area (Å²) in [6.07, 6.45) is -0.728. The molecule has 1 heterocycles. The number of benzene rings is 1. The van der Waals surface area contributed by atoms with E-state index in [1.807, 2.05) is 45.0 Å². The lowest BCUT2D eigenvalue weighted by atomic mass is 10.2. The third-order valence-corrected chi connectivity index (χ3v) is 3.06. The number of aromatic nitrogens is 2. The van der Waals surface area contributed by atoms with Crippen LogP contribution in [0.15, 0.2) is 30.3 Å². The zero-order valence-electron chi connectivity index (χ0n) is 12.5. The van der Waals surface area contributed by atoms with E-state index in [0.717, 1.165) is 22.6 Å². The SMILES string of the molecule is Cc1cccc(OCC(O)COc2cc(C)c(C)nn2)c1. The van der Waals surface area contributed by atoms with Crippen molar-refractivity contribution >= 4 is 0 Å². The Morgan fingerprint density at radius 3 is 2.52 bits per heavy atom. The van der Waals surface area contributed by atoms with Crippen LogP contribution in [0.4, 0.5) is 0 Å². The molecule has 1 atom stereocenters. The highest BCUT2D eigenvalue weighted by Crippen LogP contribution is 2.13. The van der Waals surface area contributed by atoms with Gasteiger partial charge < -0.3 is 14.6 Å². The molecule has 0 saturated carbocycles. The van der Waals surface area contributed by atoms with Crippen molar-refractivity contribution in [3.05, 3.63) is 47.2 Å². The van der Waals surface area contributed by atoms with Gasteiger partial charge in [-0.25, -0.2) is 0 Å². The van der Waals surface area contributed by atoms with E-state index < -0.39 is 6.10 Å². The van der Waals surface area contributed by atoms with Gasteiger partial charge in [0.1, 0.15) is 25.1 Å². The molecule has 0 amide bonds. The highest BCUT2D eigenvalue weighted by atomic mass is 16.5. The molecular formula is C16H20N2O3. The van der Waals surface area contributed by atoms with Crippen LogP contribution in [0.1, 0.15) is 16.8 Å². The Hall–Kier alpha value is -2.14. The van der Waals surface area contributed by atoms with Gasteiger partial charge in [0.25, 0.3) is 0 Å². The maximum absolute atomic E-state index is 9.87. The molecule has 1 unspecified atom stereocenters. The number of hydrogen-bond acceptors (Lipinski definition) is 5. The fraction of sp³-hybridized carbons (Fsp3) is 0.375. The van der Waals surface area contributed by atoms with Crippen LogP contribution < -0.4 is 9.47 Å². The minimum Gasteiger partial charge on any atom is -0.491 e. The van der Waals surface area contributed by atoms with Crippen molar-refractivity contribution in [2.24, 2.45) is 0 Å². The lowest BCUT2D eigenvalue weighted by Gasteiger charge is -2.13. The molecule has 0 spiro atoms. The second kappa shape index (κ2) is 7.04. The zero-order valence-corrected chi connectivity index (χ0v) is 12.5. The van der Waals surface area contributed by atoms with E-state index in [1.54, 1.807) is 6.07 Å². The van der Waals surface area contributed by atoms with E-state index in [4.69, 9.17) is 9.47 Å². The molecule has 1 N–H and O–H groups in total. The Labute approximate surface area is 124 Å². The van der Waals surface area contributed by atoms with Crippen molar-refractivity contribution in [1.82, 2.24) is 10.2 Å². The van der Waals surface area contributed by atoms with Crippen LogP contribution >= 0.6 is 0 Å². The normalized spacial score (nSPS) is 12.0. The molecule has 0 aliphatic carbocycles. The summed E-state index contributed by atoms with van der Waals surface area (Å²) in [4.78, 5) is 0. The van der Waals surface area contributed by atoms with E-state index in [-0.39, 0.29) is 13.2 Å². The standard InChI is InChI=1S/C16H20N2O3/c1-11-5-4-6-15(7-11)20-9-14(19)10-21-16-8-12(2)13(3)17-18-16/h4-8,14,19H,9-10H2,1-3H3. The van der Waals surface area contributed by atoms with Crippen LogP contribution in [0.2, 0.25) is 0 Å². The van der Waals surface area contributed by atoms with Gasteiger partial charge >= 0.3 is 0 Å². The van der Waals surface area contributed by atoms with Gasteiger partial charge in [-0.15, -0.1) is 5.10 Å². The summed E-state index contributed by atoms with van der Waals surface area (Å²) in [5.41, 5.74) is 2.99. The van der Waals surface area contributed by atoms with Crippen LogP contribution in [0.5, 0.6) is 11.6 Å². The van der Waals surface area contributed by atoms with E-state index >= 15 is 0 Å². The molecule has 0 bridgehead atoms. The summed E-state index contributed by atoms with van der Waals surface area (Å²) in [7, 11) is 0. The van der Waals surface area contributed by atoms with Gasteiger partial charge in [0.15, 0.2) is 0 Å². The van der Waals surface area contributed by atoms with Gasteiger partial charge in [-0.3, -0.25) is 0 Å². The van der Waals surface area contributed by atoms with Crippen molar-refractivity contribution in [1.29, 1.82) is 0 Å².